The summed E-state index contributed by atoms with van der Waals surface area (Å²) in [6.07, 6.45) is 6.91. The van der Waals surface area contributed by atoms with E-state index in [1.54, 1.807) is 36.5 Å². The number of hydrogen-bond acceptors (Lipinski definition) is 8. The van der Waals surface area contributed by atoms with Crippen molar-refractivity contribution in [2.45, 2.75) is 34.9 Å². The third-order valence-corrected chi connectivity index (χ3v) is 6.95. The van der Waals surface area contributed by atoms with Crippen LogP contribution in [-0.4, -0.2) is 37.8 Å². The van der Waals surface area contributed by atoms with E-state index in [1.807, 2.05) is 0 Å². The first-order chi connectivity index (χ1) is 15.5. The first-order valence-corrected chi connectivity index (χ1v) is 11.5. The molecule has 3 N–H and O–H groups in total. The fraction of sp³-hybridized carbons (Fsp3) is 0.238. The zero-order valence-electron chi connectivity index (χ0n) is 16.8. The lowest BCUT2D eigenvalue weighted by molar-refractivity contribution is 0.0687. The number of carboxylic acids is 1. The largest absolute Gasteiger partial charge is 0.476 e. The molecule has 2 amide bonds. The van der Waals surface area contributed by atoms with Crippen LogP contribution >= 0.6 is 23.1 Å². The Morgan fingerprint density at radius 2 is 1.88 bits per heavy atom. The molecule has 0 bridgehead atoms. The van der Waals surface area contributed by atoms with Crippen molar-refractivity contribution < 1.29 is 19.5 Å². The number of nitrogens with one attached hydrogen (secondary N) is 2. The summed E-state index contributed by atoms with van der Waals surface area (Å²) in [6.45, 7) is 0. The molecule has 3 aromatic rings. The quantitative estimate of drug-likeness (QED) is 0.420. The molecule has 32 heavy (non-hydrogen) atoms. The van der Waals surface area contributed by atoms with Gasteiger partial charge in [-0.3, -0.25) is 15.1 Å². The molecule has 0 aliphatic heterocycles. The Kier molecular flexibility index (Phi) is 6.76. The normalized spacial score (nSPS) is 13.6. The van der Waals surface area contributed by atoms with Crippen LogP contribution < -0.4 is 10.6 Å². The second kappa shape index (κ2) is 9.88. The number of urea groups is 1. The number of anilines is 2. The van der Waals surface area contributed by atoms with Crippen molar-refractivity contribution in [3.8, 4) is 0 Å². The molecule has 0 atom stereocenters. The molecular weight excluding hydrogens is 450 g/mol. The molecule has 0 radical (unpaired) electrons. The van der Waals surface area contributed by atoms with Crippen LogP contribution in [0.4, 0.5) is 15.6 Å². The van der Waals surface area contributed by atoms with Crippen LogP contribution in [0.3, 0.4) is 0 Å². The first-order valence-electron chi connectivity index (χ1n) is 9.91. The zero-order valence-corrected chi connectivity index (χ0v) is 18.4. The smallest absolute Gasteiger partial charge is 0.356 e. The fourth-order valence-corrected chi connectivity index (χ4v) is 5.39. The summed E-state index contributed by atoms with van der Waals surface area (Å²) in [5.41, 5.74) is 0.581. The summed E-state index contributed by atoms with van der Waals surface area (Å²) >= 11 is 2.20. The maximum Gasteiger partial charge on any atom is 0.356 e. The van der Waals surface area contributed by atoms with Crippen molar-refractivity contribution in [3.05, 3.63) is 54.1 Å². The fourth-order valence-electron chi connectivity index (χ4n) is 3.37. The molecule has 1 fully saturated rings. The van der Waals surface area contributed by atoms with E-state index in [2.05, 4.69) is 25.6 Å². The lowest BCUT2D eigenvalue weighted by atomic mass is 9.99. The number of aromatic carboxylic acids is 1. The number of pyridine rings is 2. The average molecular weight is 470 g/mol. The average Bonchev–Trinajstić information content (AvgIpc) is 3.44. The topological polar surface area (TPSA) is 134 Å². The van der Waals surface area contributed by atoms with Crippen molar-refractivity contribution in [1.82, 2.24) is 15.0 Å². The van der Waals surface area contributed by atoms with E-state index in [4.69, 9.17) is 0 Å². The lowest BCUT2D eigenvalue weighted by Crippen LogP contribution is -2.20. The number of ketones is 1. The molecule has 164 valence electrons. The number of thiazole rings is 1. The van der Waals surface area contributed by atoms with Crippen molar-refractivity contribution in [1.29, 1.82) is 0 Å². The highest BCUT2D eigenvalue weighted by molar-refractivity contribution is 8.01. The van der Waals surface area contributed by atoms with Crippen molar-refractivity contribution in [2.24, 2.45) is 5.92 Å². The molecule has 0 unspecified atom stereocenters. The molecule has 4 rings (SSSR count). The maximum atomic E-state index is 12.6. The summed E-state index contributed by atoms with van der Waals surface area (Å²) in [4.78, 5) is 48.9. The minimum Gasteiger partial charge on any atom is -0.476 e. The van der Waals surface area contributed by atoms with Crippen LogP contribution in [0, 0.1) is 5.92 Å². The number of rotatable bonds is 7. The van der Waals surface area contributed by atoms with E-state index in [1.165, 1.54) is 6.20 Å². The number of aromatic nitrogens is 3. The van der Waals surface area contributed by atoms with E-state index in [0.717, 1.165) is 48.8 Å². The summed E-state index contributed by atoms with van der Waals surface area (Å²) in [5.74, 6) is -1.21. The molecule has 1 aliphatic rings. The van der Waals surface area contributed by atoms with Gasteiger partial charge in [0, 0.05) is 24.0 Å². The Balaban J connectivity index is 1.44. The van der Waals surface area contributed by atoms with Crippen LogP contribution in [0.2, 0.25) is 0 Å². The van der Waals surface area contributed by atoms with Crippen LogP contribution in [0.25, 0.3) is 0 Å². The molecular formula is C21H19N5O4S2. The highest BCUT2D eigenvalue weighted by atomic mass is 32.2. The van der Waals surface area contributed by atoms with Crippen molar-refractivity contribution >= 4 is 51.7 Å². The second-order valence-corrected chi connectivity index (χ2v) is 9.37. The lowest BCUT2D eigenvalue weighted by Gasteiger charge is -2.09. The van der Waals surface area contributed by atoms with Crippen LogP contribution in [0.5, 0.6) is 0 Å². The van der Waals surface area contributed by atoms with Crippen LogP contribution in [-0.2, 0) is 0 Å². The van der Waals surface area contributed by atoms with Crippen LogP contribution in [0.1, 0.15) is 46.7 Å². The van der Waals surface area contributed by atoms with Gasteiger partial charge < -0.3 is 10.4 Å². The summed E-state index contributed by atoms with van der Waals surface area (Å²) in [7, 11) is 0. The SMILES string of the molecule is O=C(Nc1ccnc(C(=O)C2CCCC2)c1)Nc1nc(C(=O)O)c(Sc2ccccn2)s1. The van der Waals surface area contributed by atoms with E-state index >= 15 is 0 Å². The number of carboxylic acid groups (broad SMARTS) is 1. The third kappa shape index (κ3) is 5.29. The Bertz CT molecular complexity index is 1150. The number of carbonyl (C=O) groups is 3. The minimum absolute atomic E-state index is 0.00577. The van der Waals surface area contributed by atoms with Gasteiger partial charge in [0.1, 0.15) is 14.9 Å². The van der Waals surface area contributed by atoms with E-state index in [0.29, 0.717) is 20.6 Å². The van der Waals surface area contributed by atoms with Gasteiger partial charge in [-0.15, -0.1) is 0 Å². The van der Waals surface area contributed by atoms with Gasteiger partial charge in [0.05, 0.1) is 0 Å². The Morgan fingerprint density at radius 3 is 2.59 bits per heavy atom. The monoisotopic (exact) mass is 469 g/mol. The molecule has 3 heterocycles. The number of amides is 2. The maximum absolute atomic E-state index is 12.6. The molecule has 1 aliphatic carbocycles. The number of Topliss-reactive ketones (excluding diaryl/α,β-unsaturated/α-hetero) is 1. The first kappa shape index (κ1) is 21.9. The highest BCUT2D eigenvalue weighted by Crippen LogP contribution is 2.36. The summed E-state index contributed by atoms with van der Waals surface area (Å²) in [5, 5.41) is 15.4. The third-order valence-electron chi connectivity index (χ3n) is 4.85. The van der Waals surface area contributed by atoms with Crippen LogP contribution in [0.15, 0.2) is 52.0 Å². The molecule has 0 spiro atoms. The number of hydrogen-bond donors (Lipinski definition) is 3. The van der Waals surface area contributed by atoms with Gasteiger partial charge in [0.15, 0.2) is 16.6 Å². The van der Waals surface area contributed by atoms with E-state index in [9.17, 15) is 19.5 Å². The molecule has 11 heteroatoms. The van der Waals surface area contributed by atoms with Gasteiger partial charge in [-0.2, -0.15) is 0 Å². The van der Waals surface area contributed by atoms with Gasteiger partial charge in [-0.05, 0) is 37.1 Å². The Morgan fingerprint density at radius 1 is 1.06 bits per heavy atom. The predicted octanol–water partition coefficient (Wildman–Crippen LogP) is 4.80. The zero-order chi connectivity index (χ0) is 22.5. The van der Waals surface area contributed by atoms with Gasteiger partial charge in [-0.1, -0.05) is 42.0 Å². The van der Waals surface area contributed by atoms with Crippen molar-refractivity contribution in [2.75, 3.05) is 10.6 Å². The summed E-state index contributed by atoms with van der Waals surface area (Å²) < 4.78 is 0.403. The molecule has 9 nitrogen and oxygen atoms in total. The van der Waals surface area contributed by atoms with E-state index < -0.39 is 12.0 Å². The van der Waals surface area contributed by atoms with E-state index in [-0.39, 0.29) is 22.5 Å². The molecule has 1 saturated carbocycles. The highest BCUT2D eigenvalue weighted by Gasteiger charge is 2.25. The van der Waals surface area contributed by atoms with Gasteiger partial charge in [-0.25, -0.2) is 19.6 Å². The predicted molar refractivity (Wildman–Crippen MR) is 121 cm³/mol. The molecule has 0 aromatic carbocycles. The standard InChI is InChI=1S/C21H19N5O4S2/c27-17(12-5-1-2-6-12)14-11-13(8-10-22-14)24-20(30)26-21-25-16(18(28)29)19(32-21)31-15-7-3-4-9-23-15/h3-4,7-12H,1-2,5-6H2,(H,28,29)(H2,22,24,25,26,30). The van der Waals surface area contributed by atoms with Gasteiger partial charge in [0.2, 0.25) is 0 Å². The second-order valence-electron chi connectivity index (χ2n) is 7.08. The van der Waals surface area contributed by atoms with Gasteiger partial charge >= 0.3 is 12.0 Å². The minimum atomic E-state index is -1.20. The van der Waals surface area contributed by atoms with Gasteiger partial charge in [0.25, 0.3) is 0 Å². The molecule has 0 saturated heterocycles. The number of nitrogens with zero attached hydrogens (tertiary/aromatic N) is 3. The number of carbonyl (C=O) groups excluding carboxylic acids is 2. The van der Waals surface area contributed by atoms with Crippen molar-refractivity contribution in [3.63, 3.8) is 0 Å². The summed E-state index contributed by atoms with van der Waals surface area (Å²) in [6, 6.07) is 7.84. The molecule has 3 aromatic heterocycles. The Labute approximate surface area is 191 Å². The Hall–Kier alpha value is -3.31.